The van der Waals surface area contributed by atoms with E-state index in [1.54, 1.807) is 24.4 Å². The Labute approximate surface area is 231 Å². The Bertz CT molecular complexity index is 1670. The van der Waals surface area contributed by atoms with Gasteiger partial charge in [-0.2, -0.15) is 0 Å². The van der Waals surface area contributed by atoms with E-state index in [0.717, 1.165) is 51.0 Å². The summed E-state index contributed by atoms with van der Waals surface area (Å²) in [7, 11) is 2.09. The van der Waals surface area contributed by atoms with Crippen LogP contribution in [0.5, 0.6) is 5.75 Å². The number of aromatic hydroxyl groups is 1. The molecule has 3 fully saturated rings. The van der Waals surface area contributed by atoms with Crippen LogP contribution in [0.1, 0.15) is 31.4 Å². The van der Waals surface area contributed by atoms with Gasteiger partial charge >= 0.3 is 0 Å². The average molecular weight is 542 g/mol. The number of nitrogens with one attached hydrogen (secondary N) is 1. The number of hydrogen-bond acceptors (Lipinski definition) is 6. The minimum absolute atomic E-state index is 0.0197. The molecule has 0 aliphatic carbocycles. The Morgan fingerprint density at radius 3 is 2.72 bits per heavy atom. The number of likely N-dealkylation sites (tertiary alicyclic amines) is 1. The molecule has 3 unspecified atom stereocenters. The van der Waals surface area contributed by atoms with Gasteiger partial charge in [0.1, 0.15) is 22.7 Å². The lowest BCUT2D eigenvalue weighted by Gasteiger charge is -2.35. The maximum atomic E-state index is 16.5. The molecular formula is C31H29ClFN5O. The Morgan fingerprint density at radius 2 is 1.95 bits per heavy atom. The molecular weight excluding hydrogens is 513 g/mol. The fourth-order valence-corrected chi connectivity index (χ4v) is 6.73. The van der Waals surface area contributed by atoms with Gasteiger partial charge in [-0.1, -0.05) is 29.7 Å². The van der Waals surface area contributed by atoms with Crippen molar-refractivity contribution in [2.24, 2.45) is 0 Å². The van der Waals surface area contributed by atoms with E-state index in [0.29, 0.717) is 44.5 Å². The summed E-state index contributed by atoms with van der Waals surface area (Å²) in [6.45, 7) is 2.73. The van der Waals surface area contributed by atoms with Crippen LogP contribution in [-0.4, -0.2) is 64.8 Å². The molecule has 6 nitrogen and oxygen atoms in total. The van der Waals surface area contributed by atoms with Crippen LogP contribution >= 0.6 is 11.6 Å². The molecule has 5 heterocycles. The Kier molecular flexibility index (Phi) is 6.07. The van der Waals surface area contributed by atoms with Crippen LogP contribution in [0.25, 0.3) is 32.9 Å². The molecule has 3 atom stereocenters. The molecule has 0 spiro atoms. The number of phenols is 1. The van der Waals surface area contributed by atoms with Crippen molar-refractivity contribution in [1.29, 1.82) is 0 Å². The van der Waals surface area contributed by atoms with Gasteiger partial charge in [-0.05, 0) is 74.8 Å². The summed E-state index contributed by atoms with van der Waals surface area (Å²) in [6, 6.07) is 11.6. The molecule has 2 aromatic heterocycles. The van der Waals surface area contributed by atoms with Crippen molar-refractivity contribution >= 4 is 39.0 Å². The normalized spacial score (nSPS) is 22.9. The predicted octanol–water partition coefficient (Wildman–Crippen LogP) is 5.33. The summed E-state index contributed by atoms with van der Waals surface area (Å²) < 4.78 is 16.5. The zero-order chi connectivity index (χ0) is 26.7. The fraction of sp³-hybridized carbons (Fsp3) is 0.355. The molecule has 3 aliphatic rings. The number of piperazine rings is 1. The summed E-state index contributed by atoms with van der Waals surface area (Å²) in [5, 5.41) is 16.6. The van der Waals surface area contributed by atoms with Crippen LogP contribution in [-0.2, 0) is 0 Å². The van der Waals surface area contributed by atoms with Crippen LogP contribution in [0.4, 0.5) is 10.1 Å². The third-order valence-electron chi connectivity index (χ3n) is 8.39. The molecule has 0 radical (unpaired) electrons. The summed E-state index contributed by atoms with van der Waals surface area (Å²) in [5.74, 6) is 6.12. The van der Waals surface area contributed by atoms with Crippen molar-refractivity contribution in [3.05, 3.63) is 59.1 Å². The summed E-state index contributed by atoms with van der Waals surface area (Å²) in [5.41, 5.74) is 2.24. The van der Waals surface area contributed by atoms with Crippen LogP contribution in [0.3, 0.4) is 0 Å². The number of phenolic OH excluding ortho intramolecular Hbond substituents is 1. The van der Waals surface area contributed by atoms with Crippen molar-refractivity contribution in [3.63, 3.8) is 0 Å². The molecule has 7 rings (SSSR count). The lowest BCUT2D eigenvalue weighted by Crippen LogP contribution is -2.51. The SMILES string of the molecule is CN1CCCC1C#Cc1cc(N2CC3CCC(C2)N3)c2cnc(-c3cc(O)cc4cccc(Cl)c34)c(F)c2n1. The maximum absolute atomic E-state index is 16.5. The first-order chi connectivity index (χ1) is 18.9. The van der Waals surface area contributed by atoms with Gasteiger partial charge in [0.15, 0.2) is 5.82 Å². The van der Waals surface area contributed by atoms with E-state index in [1.165, 1.54) is 6.07 Å². The van der Waals surface area contributed by atoms with Gasteiger partial charge in [0.05, 0.1) is 11.7 Å². The monoisotopic (exact) mass is 541 g/mol. The third-order valence-corrected chi connectivity index (χ3v) is 8.70. The summed E-state index contributed by atoms with van der Waals surface area (Å²) in [4.78, 5) is 13.9. The second kappa shape index (κ2) is 9.63. The first-order valence-electron chi connectivity index (χ1n) is 13.6. The summed E-state index contributed by atoms with van der Waals surface area (Å²) in [6.07, 6.45) is 6.15. The number of hydrogen-bond donors (Lipinski definition) is 2. The molecule has 3 saturated heterocycles. The zero-order valence-corrected chi connectivity index (χ0v) is 22.5. The van der Waals surface area contributed by atoms with Gasteiger partial charge in [0, 0.05) is 52.7 Å². The molecule has 198 valence electrons. The topological polar surface area (TPSA) is 64.5 Å². The number of halogens is 2. The second-order valence-corrected chi connectivity index (χ2v) is 11.4. The number of aromatic nitrogens is 2. The van der Waals surface area contributed by atoms with Crippen LogP contribution in [0.15, 0.2) is 42.6 Å². The maximum Gasteiger partial charge on any atom is 0.175 e. The zero-order valence-electron chi connectivity index (χ0n) is 21.7. The summed E-state index contributed by atoms with van der Waals surface area (Å²) >= 11 is 6.55. The number of pyridine rings is 2. The van der Waals surface area contributed by atoms with Crippen molar-refractivity contribution in [1.82, 2.24) is 20.2 Å². The minimum atomic E-state index is -0.541. The highest BCUT2D eigenvalue weighted by molar-refractivity contribution is 6.36. The lowest BCUT2D eigenvalue weighted by molar-refractivity contribution is 0.365. The van der Waals surface area contributed by atoms with Gasteiger partial charge in [-0.15, -0.1) is 0 Å². The molecule has 4 aromatic rings. The minimum Gasteiger partial charge on any atom is -0.508 e. The van der Waals surface area contributed by atoms with Crippen molar-refractivity contribution in [2.75, 3.05) is 31.6 Å². The Morgan fingerprint density at radius 1 is 1.13 bits per heavy atom. The fourth-order valence-electron chi connectivity index (χ4n) is 6.44. The number of nitrogens with zero attached hydrogens (tertiary/aromatic N) is 4. The molecule has 0 saturated carbocycles. The average Bonchev–Trinajstić information content (AvgIpc) is 3.50. The van der Waals surface area contributed by atoms with E-state index in [-0.39, 0.29) is 23.0 Å². The largest absolute Gasteiger partial charge is 0.508 e. The number of rotatable bonds is 2. The number of fused-ring (bicyclic) bond motifs is 4. The highest BCUT2D eigenvalue weighted by Gasteiger charge is 2.33. The number of anilines is 1. The molecule has 3 aliphatic heterocycles. The van der Waals surface area contributed by atoms with E-state index in [9.17, 15) is 5.11 Å². The van der Waals surface area contributed by atoms with Gasteiger partial charge in [0.25, 0.3) is 0 Å². The van der Waals surface area contributed by atoms with Gasteiger partial charge in [-0.25, -0.2) is 9.37 Å². The van der Waals surface area contributed by atoms with E-state index < -0.39 is 5.82 Å². The second-order valence-electron chi connectivity index (χ2n) is 11.0. The van der Waals surface area contributed by atoms with Crippen molar-refractivity contribution in [2.45, 2.75) is 43.8 Å². The first-order valence-corrected chi connectivity index (χ1v) is 14.0. The van der Waals surface area contributed by atoms with Crippen LogP contribution < -0.4 is 10.2 Å². The smallest absolute Gasteiger partial charge is 0.175 e. The first kappa shape index (κ1) is 24.6. The molecule has 0 amide bonds. The number of benzene rings is 2. The van der Waals surface area contributed by atoms with Gasteiger partial charge in [0.2, 0.25) is 0 Å². The third kappa shape index (κ3) is 4.37. The quantitative estimate of drug-likeness (QED) is 0.334. The highest BCUT2D eigenvalue weighted by atomic mass is 35.5. The van der Waals surface area contributed by atoms with Gasteiger partial charge < -0.3 is 15.3 Å². The molecule has 2 bridgehead atoms. The predicted molar refractivity (Wildman–Crippen MR) is 154 cm³/mol. The van der Waals surface area contributed by atoms with Crippen molar-refractivity contribution in [3.8, 4) is 28.8 Å². The van der Waals surface area contributed by atoms with Crippen LogP contribution in [0, 0.1) is 17.7 Å². The lowest BCUT2D eigenvalue weighted by atomic mass is 9.99. The van der Waals surface area contributed by atoms with E-state index in [2.05, 4.69) is 39.0 Å². The molecule has 2 N–H and O–H groups in total. The van der Waals surface area contributed by atoms with E-state index in [4.69, 9.17) is 16.6 Å². The van der Waals surface area contributed by atoms with E-state index >= 15 is 4.39 Å². The molecule has 8 heteroatoms. The van der Waals surface area contributed by atoms with Gasteiger partial charge in [-0.3, -0.25) is 9.88 Å². The molecule has 2 aromatic carbocycles. The van der Waals surface area contributed by atoms with E-state index in [1.807, 2.05) is 12.1 Å². The molecule has 39 heavy (non-hydrogen) atoms. The van der Waals surface area contributed by atoms with Crippen LogP contribution in [0.2, 0.25) is 5.02 Å². The van der Waals surface area contributed by atoms with Crippen molar-refractivity contribution < 1.29 is 9.50 Å². The highest BCUT2D eigenvalue weighted by Crippen LogP contribution is 2.40. The Hall–Kier alpha value is -3.44. The Balaban J connectivity index is 1.42. The standard InChI is InChI=1S/C31H29ClFN5O/c1-37-11-3-5-22(37)10-9-19-13-27(38-16-20-7-8-21(17-38)35-20)25-15-34-30(29(33)31(25)36-19)24-14-23(39)12-18-4-2-6-26(32)28(18)24/h2,4,6,12-15,20-22,35,39H,3,5,7-8,11,16-17H2,1H3.